The van der Waals surface area contributed by atoms with Gasteiger partial charge in [0.05, 0.1) is 11.9 Å². The van der Waals surface area contributed by atoms with Gasteiger partial charge in [-0.15, -0.1) is 9.78 Å². The highest BCUT2D eigenvalue weighted by Crippen LogP contribution is 2.39. The van der Waals surface area contributed by atoms with Crippen LogP contribution in [-0.4, -0.2) is 29.5 Å². The van der Waals surface area contributed by atoms with Crippen molar-refractivity contribution >= 4 is 0 Å². The summed E-state index contributed by atoms with van der Waals surface area (Å²) < 4.78 is 47.4. The molecule has 6 heterocycles. The van der Waals surface area contributed by atoms with Crippen LogP contribution in [0, 0.1) is 6.92 Å². The van der Waals surface area contributed by atoms with E-state index in [1.165, 1.54) is 10.9 Å². The van der Waals surface area contributed by atoms with E-state index in [9.17, 15) is 13.2 Å². The molecule has 4 aromatic heterocycles. The quantitative estimate of drug-likeness (QED) is 0.340. The Kier molecular flexibility index (Phi) is 3.33. The van der Waals surface area contributed by atoms with Crippen molar-refractivity contribution in [2.24, 2.45) is 0 Å². The van der Waals surface area contributed by atoms with Crippen LogP contribution >= 0.6 is 0 Å². The second kappa shape index (κ2) is 5.59. The summed E-state index contributed by atoms with van der Waals surface area (Å²) in [5.41, 5.74) is 3.74. The van der Waals surface area contributed by atoms with Crippen LogP contribution in [0.3, 0.4) is 0 Å². The van der Waals surface area contributed by atoms with Crippen molar-refractivity contribution in [1.29, 1.82) is 0 Å². The summed E-state index contributed by atoms with van der Waals surface area (Å²) in [4.78, 5) is 7.97. The minimum absolute atomic E-state index is 0.0739. The first kappa shape index (κ1) is 19.1. The zero-order valence-electron chi connectivity index (χ0n) is 17.8. The van der Waals surface area contributed by atoms with Gasteiger partial charge in [-0.3, -0.25) is 4.98 Å². The molecule has 11 heteroatoms. The molecule has 0 N–H and O–H groups in total. The third-order valence-electron chi connectivity index (χ3n) is 5.98. The van der Waals surface area contributed by atoms with Gasteiger partial charge in [0.1, 0.15) is 11.9 Å². The van der Waals surface area contributed by atoms with E-state index in [1.807, 2.05) is 29.8 Å². The van der Waals surface area contributed by atoms with Crippen LogP contribution in [0.15, 0.2) is 43.0 Å². The Labute approximate surface area is 180 Å². The van der Waals surface area contributed by atoms with E-state index in [0.717, 1.165) is 22.6 Å². The number of hydrogen-bond acceptors (Lipinski definition) is 4. The van der Waals surface area contributed by atoms with Gasteiger partial charge in [0, 0.05) is 12.1 Å². The molecule has 2 aliphatic rings. The minimum atomic E-state index is -4.68. The van der Waals surface area contributed by atoms with Gasteiger partial charge in [0.15, 0.2) is 12.4 Å². The van der Waals surface area contributed by atoms with Crippen LogP contribution in [0.5, 0.6) is 0 Å². The third kappa shape index (κ3) is 2.17. The fourth-order valence-electron chi connectivity index (χ4n) is 4.55. The van der Waals surface area contributed by atoms with Crippen molar-refractivity contribution < 1.29 is 22.3 Å². The summed E-state index contributed by atoms with van der Waals surface area (Å²) in [5, 5.41) is 8.63. The van der Waals surface area contributed by atoms with Crippen molar-refractivity contribution in [3.05, 3.63) is 60.1 Å². The van der Waals surface area contributed by atoms with Gasteiger partial charge in [-0.25, -0.2) is 0 Å². The van der Waals surface area contributed by atoms with Crippen molar-refractivity contribution in [2.45, 2.75) is 45.2 Å². The lowest BCUT2D eigenvalue weighted by molar-refractivity contribution is -0.990. The Morgan fingerprint density at radius 1 is 0.969 bits per heavy atom. The second-order valence-corrected chi connectivity index (χ2v) is 9.10. The van der Waals surface area contributed by atoms with Crippen molar-refractivity contribution in [3.63, 3.8) is 0 Å². The zero-order valence-corrected chi connectivity index (χ0v) is 17.8. The van der Waals surface area contributed by atoms with E-state index >= 15 is 0 Å². The fraction of sp³-hybridized carbons (Fsp3) is 0.333. The summed E-state index contributed by atoms with van der Waals surface area (Å²) >= 11 is 0. The van der Waals surface area contributed by atoms with Crippen LogP contribution < -0.4 is 9.13 Å². The van der Waals surface area contributed by atoms with Gasteiger partial charge >= 0.3 is 12.1 Å². The minimum Gasteiger partial charge on any atom is -0.251 e. The first-order valence-corrected chi connectivity index (χ1v) is 10.1. The number of alkyl halides is 3. The van der Waals surface area contributed by atoms with Crippen LogP contribution in [0.25, 0.3) is 22.9 Å². The van der Waals surface area contributed by atoms with Gasteiger partial charge in [-0.1, -0.05) is 34.6 Å². The molecule has 162 valence electrons. The van der Waals surface area contributed by atoms with E-state index < -0.39 is 17.9 Å². The first-order valence-electron chi connectivity index (χ1n) is 10.1. The summed E-state index contributed by atoms with van der Waals surface area (Å²) in [6.45, 7) is 8.20. The molecule has 0 saturated carbocycles. The van der Waals surface area contributed by atoms with Gasteiger partial charge < -0.3 is 0 Å². The number of pyridine rings is 1. The number of aromatic nitrogens is 8. The summed E-state index contributed by atoms with van der Waals surface area (Å²) in [6.07, 6.45) is 1.98. The monoisotopic (exact) mass is 440 g/mol. The molecule has 8 nitrogen and oxygen atoms in total. The maximum Gasteiger partial charge on any atom is 0.584 e. The molecular weight excluding hydrogens is 421 g/mol. The first-order chi connectivity index (χ1) is 15.0. The summed E-state index contributed by atoms with van der Waals surface area (Å²) in [6, 6.07) is 5.96. The third-order valence-corrected chi connectivity index (χ3v) is 5.98. The molecule has 4 aromatic rings. The number of fused-ring (bicyclic) bond motifs is 10. The Balaban J connectivity index is 1.76. The fourth-order valence-corrected chi connectivity index (χ4v) is 4.55. The number of hydrogen-bond donors (Lipinski definition) is 0. The topological polar surface area (TPSA) is 69.2 Å². The molecule has 6 rings (SSSR count). The van der Waals surface area contributed by atoms with Crippen LogP contribution in [0.4, 0.5) is 13.2 Å². The summed E-state index contributed by atoms with van der Waals surface area (Å²) in [5.74, 6) is -2.49. The zero-order chi connectivity index (χ0) is 22.6. The molecule has 1 spiro atoms. The number of aryl methyl sites for hydroxylation is 1. The van der Waals surface area contributed by atoms with Gasteiger partial charge in [-0.05, 0) is 24.0 Å². The van der Waals surface area contributed by atoms with Gasteiger partial charge in [-0.2, -0.15) is 23.3 Å². The Morgan fingerprint density at radius 2 is 1.72 bits per heavy atom. The Morgan fingerprint density at radius 3 is 2.44 bits per heavy atom. The van der Waals surface area contributed by atoms with Crippen LogP contribution in [-0.2, 0) is 17.5 Å². The predicted octanol–water partition coefficient (Wildman–Crippen LogP) is 2.24. The Bertz CT molecular complexity index is 1430. The lowest BCUT2D eigenvalue weighted by Gasteiger charge is -2.19. The highest BCUT2D eigenvalue weighted by molar-refractivity contribution is 5.57. The molecule has 0 aromatic carbocycles. The predicted molar refractivity (Wildman–Crippen MR) is 104 cm³/mol. The van der Waals surface area contributed by atoms with E-state index in [-0.39, 0.29) is 11.2 Å². The van der Waals surface area contributed by atoms with Crippen LogP contribution in [0.1, 0.15) is 37.9 Å². The second-order valence-electron chi connectivity index (χ2n) is 9.10. The normalized spacial score (nSPS) is 18.6. The lowest BCUT2D eigenvalue weighted by Crippen LogP contribution is -2.77. The molecule has 0 amide bonds. The Hall–Kier alpha value is -3.63. The number of halogens is 3. The van der Waals surface area contributed by atoms with E-state index in [4.69, 9.17) is 0 Å². The number of nitrogens with zero attached hydrogens (tertiary/aromatic N) is 8. The molecule has 2 aliphatic heterocycles. The maximum atomic E-state index is 13.6. The molecule has 1 unspecified atom stereocenters. The molecule has 0 bridgehead atoms. The molecular formula is C21H19F3N8+2. The standard InChI is InChI=1S/C21H19F3N8/c1-12-9-15-14-10-13(19(2,3)4)5-7-29(14)21(31(15)27-12)30-8-6-25-11-16(30)17-26-18(20(22,23)24)28-32(17)21/h5-11H,1-4H3/q+2. The maximum absolute atomic E-state index is 13.6. The molecule has 1 atom stereocenters. The lowest BCUT2D eigenvalue weighted by atomic mass is 9.87. The van der Waals surface area contributed by atoms with Crippen molar-refractivity contribution in [1.82, 2.24) is 29.5 Å². The average molecular weight is 440 g/mol. The highest BCUT2D eigenvalue weighted by Gasteiger charge is 2.71. The van der Waals surface area contributed by atoms with Crippen molar-refractivity contribution in [2.75, 3.05) is 0 Å². The van der Waals surface area contributed by atoms with E-state index in [1.54, 1.807) is 21.6 Å². The number of rotatable bonds is 0. The van der Waals surface area contributed by atoms with E-state index in [0.29, 0.717) is 5.69 Å². The molecule has 0 fully saturated rings. The van der Waals surface area contributed by atoms with Gasteiger partial charge in [0.2, 0.25) is 11.5 Å². The van der Waals surface area contributed by atoms with E-state index in [2.05, 4.69) is 47.0 Å². The summed E-state index contributed by atoms with van der Waals surface area (Å²) in [7, 11) is 0. The molecule has 0 radical (unpaired) electrons. The SMILES string of the molecule is Cc1cc2n(n1)C1(n3nc(C(F)(F)F)nc3-c3cncc[n+]31)[n+]1ccc(C(C)(C)C)cc1-2. The highest BCUT2D eigenvalue weighted by atomic mass is 19.4. The molecule has 0 aliphatic carbocycles. The average Bonchev–Trinajstić information content (AvgIpc) is 3.42. The van der Waals surface area contributed by atoms with Crippen molar-refractivity contribution in [3.8, 4) is 22.9 Å². The van der Waals surface area contributed by atoms with Gasteiger partial charge in [0.25, 0.3) is 11.5 Å². The smallest absolute Gasteiger partial charge is 0.251 e. The molecule has 32 heavy (non-hydrogen) atoms. The molecule has 0 saturated heterocycles. The largest absolute Gasteiger partial charge is 0.584 e. The van der Waals surface area contributed by atoms with Crippen LogP contribution in [0.2, 0.25) is 0 Å².